The summed E-state index contributed by atoms with van der Waals surface area (Å²) < 4.78 is 31.7. The Morgan fingerprint density at radius 2 is 2.19 bits per heavy atom. The number of nitrogen functional groups attached to an aromatic ring is 1. The molecule has 0 bridgehead atoms. The van der Waals surface area contributed by atoms with Crippen molar-refractivity contribution >= 4 is 15.7 Å². The lowest BCUT2D eigenvalue weighted by atomic mass is 10.2. The van der Waals surface area contributed by atoms with Crippen molar-refractivity contribution in [3.63, 3.8) is 0 Å². The molecule has 0 unspecified atom stereocenters. The molecule has 1 aliphatic rings. The summed E-state index contributed by atoms with van der Waals surface area (Å²) in [6.07, 6.45) is 6.42. The fourth-order valence-corrected chi connectivity index (χ4v) is 3.14. The van der Waals surface area contributed by atoms with E-state index in [1.165, 1.54) is 12.0 Å². The molecule has 0 saturated carbocycles. The van der Waals surface area contributed by atoms with Gasteiger partial charge in [-0.05, 0) is 37.8 Å². The van der Waals surface area contributed by atoms with Crippen molar-refractivity contribution in [1.82, 2.24) is 4.72 Å². The minimum absolute atomic E-state index is 0.0547. The monoisotopic (exact) mass is 310 g/mol. The maximum Gasteiger partial charge on any atom is 0.214 e. The Hall–Kier alpha value is -1.53. The standard InChI is InChI=1S/C15H22N2O3S/c16-14-6-3-7-15(12-14)20-10-11-21(18,19)17-9-8-13-4-1-2-5-13/h3-4,6-7,12,17H,1-2,5,8-11,16H2. The smallest absolute Gasteiger partial charge is 0.214 e. The van der Waals surface area contributed by atoms with Crippen molar-refractivity contribution in [2.24, 2.45) is 0 Å². The fourth-order valence-electron chi connectivity index (χ4n) is 2.28. The SMILES string of the molecule is Nc1cccc(OCCS(=O)(=O)NCCC2=CCCC2)c1. The van der Waals surface area contributed by atoms with Crippen molar-refractivity contribution in [3.05, 3.63) is 35.9 Å². The van der Waals surface area contributed by atoms with Gasteiger partial charge in [-0.3, -0.25) is 0 Å². The van der Waals surface area contributed by atoms with E-state index in [0.29, 0.717) is 18.0 Å². The molecular formula is C15H22N2O3S. The van der Waals surface area contributed by atoms with Gasteiger partial charge in [0.25, 0.3) is 0 Å². The summed E-state index contributed by atoms with van der Waals surface area (Å²) >= 11 is 0. The Bertz CT molecular complexity index is 597. The molecule has 0 atom stereocenters. The predicted molar refractivity (Wildman–Crippen MR) is 84.7 cm³/mol. The summed E-state index contributed by atoms with van der Waals surface area (Å²) in [6, 6.07) is 6.95. The molecule has 0 amide bonds. The lowest BCUT2D eigenvalue weighted by molar-refractivity contribution is 0.340. The summed E-state index contributed by atoms with van der Waals surface area (Å²) in [5, 5.41) is 0. The normalized spacial score (nSPS) is 15.0. The summed E-state index contributed by atoms with van der Waals surface area (Å²) in [4.78, 5) is 0. The second-order valence-corrected chi connectivity index (χ2v) is 7.07. The van der Waals surface area contributed by atoms with Crippen molar-refractivity contribution in [2.45, 2.75) is 25.7 Å². The van der Waals surface area contributed by atoms with Gasteiger partial charge in [0.05, 0.1) is 5.75 Å². The van der Waals surface area contributed by atoms with Gasteiger partial charge >= 0.3 is 0 Å². The lowest BCUT2D eigenvalue weighted by Gasteiger charge is -2.09. The Labute approximate surface area is 126 Å². The number of anilines is 1. The number of sulfonamides is 1. The molecule has 5 nitrogen and oxygen atoms in total. The van der Waals surface area contributed by atoms with Crippen LogP contribution < -0.4 is 15.2 Å². The second-order valence-electron chi connectivity index (χ2n) is 5.14. The van der Waals surface area contributed by atoms with Crippen LogP contribution in [-0.4, -0.2) is 27.3 Å². The van der Waals surface area contributed by atoms with Crippen LogP contribution >= 0.6 is 0 Å². The van der Waals surface area contributed by atoms with E-state index in [0.717, 1.165) is 19.3 Å². The highest BCUT2D eigenvalue weighted by molar-refractivity contribution is 7.89. The first-order valence-electron chi connectivity index (χ1n) is 7.19. The van der Waals surface area contributed by atoms with Crippen molar-refractivity contribution in [3.8, 4) is 5.75 Å². The lowest BCUT2D eigenvalue weighted by Crippen LogP contribution is -2.30. The van der Waals surface area contributed by atoms with Crippen LogP contribution in [0.2, 0.25) is 0 Å². The molecule has 1 aliphatic carbocycles. The first kappa shape index (κ1) is 15.9. The number of hydrogen-bond donors (Lipinski definition) is 2. The number of rotatable bonds is 8. The maximum atomic E-state index is 11.8. The first-order valence-corrected chi connectivity index (χ1v) is 8.84. The third kappa shape index (κ3) is 5.77. The number of benzene rings is 1. The zero-order valence-electron chi connectivity index (χ0n) is 12.0. The Morgan fingerprint density at radius 3 is 2.90 bits per heavy atom. The third-order valence-electron chi connectivity index (χ3n) is 3.38. The zero-order chi connectivity index (χ0) is 15.1. The molecule has 0 fully saturated rings. The number of nitrogens with two attached hydrogens (primary N) is 1. The number of allylic oxidation sites excluding steroid dienone is 1. The summed E-state index contributed by atoms with van der Waals surface area (Å²) in [7, 11) is -3.29. The molecule has 3 N–H and O–H groups in total. The van der Waals surface area contributed by atoms with E-state index in [1.54, 1.807) is 24.3 Å². The molecule has 0 saturated heterocycles. The van der Waals surface area contributed by atoms with Crippen molar-refractivity contribution < 1.29 is 13.2 Å². The van der Waals surface area contributed by atoms with E-state index in [9.17, 15) is 8.42 Å². The summed E-state index contributed by atoms with van der Waals surface area (Å²) in [5.41, 5.74) is 7.58. The average Bonchev–Trinajstić information content (AvgIpc) is 2.91. The summed E-state index contributed by atoms with van der Waals surface area (Å²) in [5.74, 6) is 0.530. The summed E-state index contributed by atoms with van der Waals surface area (Å²) in [6.45, 7) is 0.577. The fraction of sp³-hybridized carbons (Fsp3) is 0.467. The van der Waals surface area contributed by atoms with Gasteiger partial charge in [0.2, 0.25) is 10.0 Å². The van der Waals surface area contributed by atoms with Crippen LogP contribution in [0.1, 0.15) is 25.7 Å². The molecule has 0 aromatic heterocycles. The van der Waals surface area contributed by atoms with Gasteiger partial charge in [0.1, 0.15) is 12.4 Å². The minimum Gasteiger partial charge on any atom is -0.492 e. The van der Waals surface area contributed by atoms with Crippen LogP contribution in [0, 0.1) is 0 Å². The van der Waals surface area contributed by atoms with Crippen LogP contribution in [-0.2, 0) is 10.0 Å². The molecule has 0 spiro atoms. The van der Waals surface area contributed by atoms with E-state index in [2.05, 4.69) is 10.8 Å². The largest absolute Gasteiger partial charge is 0.492 e. The molecule has 6 heteroatoms. The van der Waals surface area contributed by atoms with Crippen LogP contribution in [0.5, 0.6) is 5.75 Å². The van der Waals surface area contributed by atoms with E-state index < -0.39 is 10.0 Å². The quantitative estimate of drug-likeness (QED) is 0.569. The van der Waals surface area contributed by atoms with Crippen molar-refractivity contribution in [1.29, 1.82) is 0 Å². The van der Waals surface area contributed by atoms with Gasteiger partial charge in [-0.1, -0.05) is 17.7 Å². The minimum atomic E-state index is -3.29. The highest BCUT2D eigenvalue weighted by Gasteiger charge is 2.11. The predicted octanol–water partition coefficient (Wildman–Crippen LogP) is 2.07. The number of nitrogens with one attached hydrogen (secondary N) is 1. The van der Waals surface area contributed by atoms with Gasteiger partial charge in [0.15, 0.2) is 0 Å². The van der Waals surface area contributed by atoms with Gasteiger partial charge in [-0.25, -0.2) is 13.1 Å². The molecular weight excluding hydrogens is 288 g/mol. The van der Waals surface area contributed by atoms with Crippen molar-refractivity contribution in [2.75, 3.05) is 24.6 Å². The number of ether oxygens (including phenoxy) is 1. The molecule has 21 heavy (non-hydrogen) atoms. The second kappa shape index (κ2) is 7.47. The Balaban J connectivity index is 1.68. The Morgan fingerprint density at radius 1 is 1.33 bits per heavy atom. The van der Waals surface area contributed by atoms with Crippen LogP contribution in [0.15, 0.2) is 35.9 Å². The van der Waals surface area contributed by atoms with Gasteiger partial charge < -0.3 is 10.5 Å². The average molecular weight is 310 g/mol. The molecule has 0 heterocycles. The molecule has 2 rings (SSSR count). The van der Waals surface area contributed by atoms with Gasteiger partial charge in [-0.2, -0.15) is 0 Å². The highest BCUT2D eigenvalue weighted by Crippen LogP contribution is 2.19. The topological polar surface area (TPSA) is 81.4 Å². The van der Waals surface area contributed by atoms with E-state index >= 15 is 0 Å². The van der Waals surface area contributed by atoms with Crippen LogP contribution in [0.25, 0.3) is 0 Å². The van der Waals surface area contributed by atoms with Crippen LogP contribution in [0.3, 0.4) is 0 Å². The molecule has 1 aromatic carbocycles. The number of hydrogen-bond acceptors (Lipinski definition) is 4. The zero-order valence-corrected chi connectivity index (χ0v) is 12.9. The first-order chi connectivity index (χ1) is 10.1. The van der Waals surface area contributed by atoms with E-state index in [1.807, 2.05) is 0 Å². The molecule has 1 aromatic rings. The van der Waals surface area contributed by atoms with Gasteiger partial charge in [0, 0.05) is 18.3 Å². The van der Waals surface area contributed by atoms with E-state index in [4.69, 9.17) is 10.5 Å². The molecule has 116 valence electrons. The van der Waals surface area contributed by atoms with Crippen LogP contribution in [0.4, 0.5) is 5.69 Å². The molecule has 0 aliphatic heterocycles. The highest BCUT2D eigenvalue weighted by atomic mass is 32.2. The third-order valence-corrected chi connectivity index (χ3v) is 4.73. The maximum absolute atomic E-state index is 11.8. The van der Waals surface area contributed by atoms with Gasteiger partial charge in [-0.15, -0.1) is 0 Å². The van der Waals surface area contributed by atoms with E-state index in [-0.39, 0.29) is 12.4 Å². The Kier molecular flexibility index (Phi) is 5.64. The molecule has 0 radical (unpaired) electrons.